The maximum Gasteiger partial charge on any atom is 0.262 e. The van der Waals surface area contributed by atoms with E-state index in [-0.39, 0.29) is 28.7 Å². The number of carbonyl (C=O) groups excluding carboxylic acids is 2. The van der Waals surface area contributed by atoms with E-state index >= 15 is 0 Å². The highest BCUT2D eigenvalue weighted by Crippen LogP contribution is 2.33. The van der Waals surface area contributed by atoms with Gasteiger partial charge in [-0.3, -0.25) is 14.5 Å². The van der Waals surface area contributed by atoms with Crippen molar-refractivity contribution in [3.63, 3.8) is 0 Å². The summed E-state index contributed by atoms with van der Waals surface area (Å²) in [5, 5.41) is 2.74. The second-order valence-electron chi connectivity index (χ2n) is 7.64. The molecule has 1 N–H and O–H groups in total. The summed E-state index contributed by atoms with van der Waals surface area (Å²) in [6.07, 6.45) is 3.66. The largest absolute Gasteiger partial charge is 0.496 e. The van der Waals surface area contributed by atoms with Gasteiger partial charge in [0.15, 0.2) is 0 Å². The molecule has 0 radical (unpaired) electrons. The smallest absolute Gasteiger partial charge is 0.262 e. The SMILES string of the molecule is COc1ccc(S(=O)(=O)N2CCCCCC2)cc1C(=O)N1CC(=O)Nc2ccccc21. The Kier molecular flexibility index (Phi) is 5.97. The first kappa shape index (κ1) is 21.3. The maximum absolute atomic E-state index is 13.5. The van der Waals surface area contributed by atoms with Crippen molar-refractivity contribution in [2.24, 2.45) is 0 Å². The number of sulfonamides is 1. The summed E-state index contributed by atoms with van der Waals surface area (Å²) in [7, 11) is -2.32. The lowest BCUT2D eigenvalue weighted by atomic mass is 10.1. The normalized spacial score (nSPS) is 17.5. The van der Waals surface area contributed by atoms with E-state index in [0.717, 1.165) is 25.7 Å². The Hall–Kier alpha value is -2.91. The summed E-state index contributed by atoms with van der Waals surface area (Å²) in [6.45, 7) is 0.775. The fraction of sp³-hybridized carbons (Fsp3) is 0.364. The van der Waals surface area contributed by atoms with Gasteiger partial charge in [-0.25, -0.2) is 8.42 Å². The van der Waals surface area contributed by atoms with E-state index in [1.54, 1.807) is 24.3 Å². The Morgan fingerprint density at radius 2 is 1.74 bits per heavy atom. The third-order valence-electron chi connectivity index (χ3n) is 5.62. The first-order valence-electron chi connectivity index (χ1n) is 10.3. The zero-order valence-electron chi connectivity index (χ0n) is 17.3. The lowest BCUT2D eigenvalue weighted by Gasteiger charge is -2.29. The first-order chi connectivity index (χ1) is 14.9. The second-order valence-corrected chi connectivity index (χ2v) is 9.57. The highest BCUT2D eigenvalue weighted by Gasteiger charge is 2.31. The van der Waals surface area contributed by atoms with Crippen molar-refractivity contribution in [1.82, 2.24) is 4.31 Å². The van der Waals surface area contributed by atoms with Crippen LogP contribution in [0.5, 0.6) is 5.75 Å². The van der Waals surface area contributed by atoms with Crippen molar-refractivity contribution in [3.05, 3.63) is 48.0 Å². The number of para-hydroxylation sites is 2. The van der Waals surface area contributed by atoms with Gasteiger partial charge in [0, 0.05) is 13.1 Å². The number of rotatable bonds is 4. The third kappa shape index (κ3) is 4.15. The zero-order chi connectivity index (χ0) is 22.0. The maximum atomic E-state index is 13.5. The number of benzene rings is 2. The van der Waals surface area contributed by atoms with E-state index in [1.165, 1.54) is 34.5 Å². The predicted molar refractivity (Wildman–Crippen MR) is 117 cm³/mol. The van der Waals surface area contributed by atoms with Crippen molar-refractivity contribution in [1.29, 1.82) is 0 Å². The van der Waals surface area contributed by atoms with Crippen LogP contribution in [0.25, 0.3) is 0 Å². The molecule has 2 amide bonds. The van der Waals surface area contributed by atoms with Crippen molar-refractivity contribution >= 4 is 33.2 Å². The van der Waals surface area contributed by atoms with Gasteiger partial charge in [0.2, 0.25) is 15.9 Å². The van der Waals surface area contributed by atoms with Crippen LogP contribution in [0.4, 0.5) is 11.4 Å². The number of ether oxygens (including phenoxy) is 1. The molecule has 4 rings (SSSR count). The molecule has 2 aliphatic rings. The number of fused-ring (bicyclic) bond motifs is 1. The molecule has 164 valence electrons. The summed E-state index contributed by atoms with van der Waals surface area (Å²) in [5.41, 5.74) is 1.18. The molecule has 1 fully saturated rings. The van der Waals surface area contributed by atoms with Crippen LogP contribution in [0.15, 0.2) is 47.4 Å². The molecule has 0 unspecified atom stereocenters. The Bertz CT molecular complexity index is 1110. The van der Waals surface area contributed by atoms with Crippen LogP contribution in [-0.2, 0) is 14.8 Å². The summed E-state index contributed by atoms with van der Waals surface area (Å²) in [6, 6.07) is 11.3. The minimum Gasteiger partial charge on any atom is -0.496 e. The number of methoxy groups -OCH3 is 1. The molecule has 0 saturated carbocycles. The number of carbonyl (C=O) groups is 2. The average Bonchev–Trinajstić information content (AvgIpc) is 3.08. The summed E-state index contributed by atoms with van der Waals surface area (Å²) >= 11 is 0. The number of hydrogen-bond donors (Lipinski definition) is 1. The number of hydrogen-bond acceptors (Lipinski definition) is 5. The zero-order valence-corrected chi connectivity index (χ0v) is 18.2. The molecule has 2 aromatic carbocycles. The van der Waals surface area contributed by atoms with Gasteiger partial charge in [-0.15, -0.1) is 0 Å². The van der Waals surface area contributed by atoms with Crippen molar-refractivity contribution < 1.29 is 22.7 Å². The van der Waals surface area contributed by atoms with E-state index in [0.29, 0.717) is 24.5 Å². The highest BCUT2D eigenvalue weighted by molar-refractivity contribution is 7.89. The molecule has 2 aliphatic heterocycles. The van der Waals surface area contributed by atoms with Crippen LogP contribution in [0.1, 0.15) is 36.0 Å². The Morgan fingerprint density at radius 1 is 1.03 bits per heavy atom. The fourth-order valence-electron chi connectivity index (χ4n) is 4.01. The lowest BCUT2D eigenvalue weighted by molar-refractivity contribution is -0.115. The summed E-state index contributed by atoms with van der Waals surface area (Å²) in [5.74, 6) is -0.560. The van der Waals surface area contributed by atoms with E-state index < -0.39 is 15.9 Å². The quantitative estimate of drug-likeness (QED) is 0.784. The minimum absolute atomic E-state index is 0.0493. The van der Waals surface area contributed by atoms with E-state index in [9.17, 15) is 18.0 Å². The minimum atomic E-state index is -3.74. The van der Waals surface area contributed by atoms with Gasteiger partial charge in [0.25, 0.3) is 5.91 Å². The lowest BCUT2D eigenvalue weighted by Crippen LogP contribution is -2.42. The molecule has 0 atom stereocenters. The van der Waals surface area contributed by atoms with Crippen LogP contribution >= 0.6 is 0 Å². The Labute approximate surface area is 181 Å². The molecule has 2 heterocycles. The molecular formula is C22H25N3O5S. The average molecular weight is 444 g/mol. The molecule has 8 nitrogen and oxygen atoms in total. The van der Waals surface area contributed by atoms with Crippen molar-refractivity contribution in [2.45, 2.75) is 30.6 Å². The van der Waals surface area contributed by atoms with Gasteiger partial charge in [0.05, 0.1) is 28.9 Å². The summed E-state index contributed by atoms with van der Waals surface area (Å²) in [4.78, 5) is 27.0. The number of nitrogens with zero attached hydrogens (tertiary/aromatic N) is 2. The molecule has 2 aromatic rings. The van der Waals surface area contributed by atoms with E-state index in [1.807, 2.05) is 0 Å². The number of amides is 2. The molecule has 1 saturated heterocycles. The monoisotopic (exact) mass is 443 g/mol. The van der Waals surface area contributed by atoms with Gasteiger partial charge in [0.1, 0.15) is 12.3 Å². The standard InChI is InChI=1S/C22H25N3O5S/c1-30-20-11-10-16(31(28,29)24-12-6-2-3-7-13-24)14-17(20)22(27)25-15-21(26)23-18-8-4-5-9-19(18)25/h4-5,8-11,14H,2-3,6-7,12-13,15H2,1H3,(H,23,26). The van der Waals surface area contributed by atoms with Gasteiger partial charge in [-0.05, 0) is 43.2 Å². The van der Waals surface area contributed by atoms with Crippen LogP contribution < -0.4 is 15.0 Å². The van der Waals surface area contributed by atoms with Gasteiger partial charge in [-0.2, -0.15) is 4.31 Å². The van der Waals surface area contributed by atoms with Crippen molar-refractivity contribution in [2.75, 3.05) is 37.0 Å². The molecule has 0 bridgehead atoms. The fourth-order valence-corrected chi connectivity index (χ4v) is 5.55. The molecule has 0 aliphatic carbocycles. The van der Waals surface area contributed by atoms with Gasteiger partial charge >= 0.3 is 0 Å². The van der Waals surface area contributed by atoms with E-state index in [4.69, 9.17) is 4.74 Å². The third-order valence-corrected chi connectivity index (χ3v) is 7.51. The number of anilines is 2. The second kappa shape index (κ2) is 8.68. The van der Waals surface area contributed by atoms with E-state index in [2.05, 4.69) is 5.32 Å². The molecule has 0 aromatic heterocycles. The first-order valence-corrected chi connectivity index (χ1v) is 11.7. The van der Waals surface area contributed by atoms with Gasteiger partial charge in [-0.1, -0.05) is 25.0 Å². The highest BCUT2D eigenvalue weighted by atomic mass is 32.2. The molecule has 9 heteroatoms. The van der Waals surface area contributed by atoms with Crippen molar-refractivity contribution in [3.8, 4) is 5.75 Å². The van der Waals surface area contributed by atoms with Crippen LogP contribution in [0.2, 0.25) is 0 Å². The molecule has 0 spiro atoms. The molecular weight excluding hydrogens is 418 g/mol. The summed E-state index contributed by atoms with van der Waals surface area (Å²) < 4.78 is 33.3. The molecule has 31 heavy (non-hydrogen) atoms. The Balaban J connectivity index is 1.73. The van der Waals surface area contributed by atoms with Crippen LogP contribution in [0.3, 0.4) is 0 Å². The predicted octanol–water partition coefficient (Wildman–Crippen LogP) is 2.86. The topological polar surface area (TPSA) is 96.0 Å². The Morgan fingerprint density at radius 3 is 2.45 bits per heavy atom. The number of nitrogens with one attached hydrogen (secondary N) is 1. The van der Waals surface area contributed by atoms with Gasteiger partial charge < -0.3 is 10.1 Å². The van der Waals surface area contributed by atoms with Crippen LogP contribution in [0, 0.1) is 0 Å². The van der Waals surface area contributed by atoms with Crippen LogP contribution in [-0.4, -0.2) is 51.3 Å².